The summed E-state index contributed by atoms with van der Waals surface area (Å²) in [5, 5.41) is 0. The maximum atomic E-state index is 12.5. The minimum Gasteiger partial charge on any atom is -0.458 e. The normalized spacial score (nSPS) is 11.2. The fourth-order valence-corrected chi connectivity index (χ4v) is 5.57. The first kappa shape index (κ1) is 36.1. The van der Waals surface area contributed by atoms with Crippen molar-refractivity contribution in [1.29, 1.82) is 0 Å². The van der Waals surface area contributed by atoms with Crippen molar-refractivity contribution in [1.82, 2.24) is 0 Å². The molecule has 5 nitrogen and oxygen atoms in total. The first-order chi connectivity index (χ1) is 19.4. The van der Waals surface area contributed by atoms with Crippen LogP contribution in [-0.2, 0) is 19.1 Å². The molecule has 0 saturated heterocycles. The highest BCUT2D eigenvalue weighted by Crippen LogP contribution is 2.14. The maximum Gasteiger partial charge on any atom is 0.306 e. The lowest BCUT2D eigenvalue weighted by Crippen LogP contribution is -2.50. The molecule has 1 heterocycles. The van der Waals surface area contributed by atoms with Gasteiger partial charge in [-0.3, -0.25) is 9.59 Å². The van der Waals surface area contributed by atoms with Crippen LogP contribution < -0.4 is 4.57 Å². The number of carbonyl (C=O) groups excluding carboxylic acids is 2. The summed E-state index contributed by atoms with van der Waals surface area (Å²) < 4.78 is 13.6. The second kappa shape index (κ2) is 23.8. The van der Waals surface area contributed by atoms with E-state index < -0.39 is 0 Å². The molecule has 0 bridgehead atoms. The van der Waals surface area contributed by atoms with Crippen LogP contribution in [0.1, 0.15) is 165 Å². The third-order valence-corrected chi connectivity index (χ3v) is 7.84. The van der Waals surface area contributed by atoms with Gasteiger partial charge in [-0.05, 0) is 25.3 Å². The fourth-order valence-electron chi connectivity index (χ4n) is 5.57. The van der Waals surface area contributed by atoms with Crippen molar-refractivity contribution in [2.45, 2.75) is 169 Å². The summed E-state index contributed by atoms with van der Waals surface area (Å²) in [4.78, 5) is 25.0. The highest BCUT2D eigenvalue weighted by molar-refractivity contribution is 5.69. The number of carbonyl (C=O) groups is 2. The lowest BCUT2D eigenvalue weighted by molar-refractivity contribution is -0.736. The number of aromatic nitrogens is 1. The maximum absolute atomic E-state index is 12.5. The van der Waals surface area contributed by atoms with Crippen molar-refractivity contribution in [3.8, 4) is 0 Å². The van der Waals surface area contributed by atoms with Gasteiger partial charge >= 0.3 is 11.9 Å². The Morgan fingerprint density at radius 2 is 0.900 bits per heavy atom. The number of nitrogens with zero attached hydrogens (tertiary/aromatic N) is 1. The van der Waals surface area contributed by atoms with E-state index in [1.807, 2.05) is 0 Å². The monoisotopic (exact) mass is 560 g/mol. The Bertz CT molecular complexity index is 746. The number of rotatable bonds is 25. The van der Waals surface area contributed by atoms with Crippen LogP contribution in [0.4, 0.5) is 0 Å². The molecule has 0 saturated carbocycles. The fraction of sp³-hybridized carbons (Fsp3) is 0.800. The second-order valence-electron chi connectivity index (χ2n) is 11.9. The number of ether oxygens (including phenoxy) is 2. The van der Waals surface area contributed by atoms with E-state index in [0.29, 0.717) is 12.8 Å². The van der Waals surface area contributed by atoms with Gasteiger partial charge in [0.1, 0.15) is 0 Å². The lowest BCUT2D eigenvalue weighted by atomic mass is 10.1. The van der Waals surface area contributed by atoms with Crippen LogP contribution in [0, 0.1) is 20.8 Å². The molecule has 1 aromatic rings. The summed E-state index contributed by atoms with van der Waals surface area (Å²) in [6.45, 7) is 11.1. The summed E-state index contributed by atoms with van der Waals surface area (Å²) in [5.74, 6) is -0.311. The zero-order valence-electron chi connectivity index (χ0n) is 26.9. The van der Waals surface area contributed by atoms with E-state index in [-0.39, 0.29) is 31.2 Å². The summed E-state index contributed by atoms with van der Waals surface area (Å²) in [6, 6.07) is 4.02. The van der Waals surface area contributed by atoms with Gasteiger partial charge in [-0.15, -0.1) is 0 Å². The zero-order valence-corrected chi connectivity index (χ0v) is 26.9. The van der Waals surface area contributed by atoms with Crippen molar-refractivity contribution in [3.05, 3.63) is 29.1 Å². The molecule has 0 aromatic carbocycles. The predicted molar refractivity (Wildman–Crippen MR) is 165 cm³/mol. The molecule has 5 heteroatoms. The molecule has 230 valence electrons. The molecule has 40 heavy (non-hydrogen) atoms. The molecule has 0 atom stereocenters. The molecule has 0 aliphatic carbocycles. The van der Waals surface area contributed by atoms with Crippen molar-refractivity contribution in [2.75, 3.05) is 13.2 Å². The molecule has 0 fully saturated rings. The molecule has 1 aromatic heterocycles. The van der Waals surface area contributed by atoms with E-state index in [0.717, 1.165) is 37.1 Å². The number of esters is 2. The number of aryl methyl sites for hydroxylation is 3. The number of hydrogen-bond donors (Lipinski definition) is 0. The third kappa shape index (κ3) is 17.7. The van der Waals surface area contributed by atoms with Crippen LogP contribution in [0.15, 0.2) is 12.1 Å². The topological polar surface area (TPSA) is 56.5 Å². The number of unbranched alkanes of at least 4 members (excludes halogenated alkanes) is 16. The Morgan fingerprint density at radius 1 is 0.575 bits per heavy atom. The number of pyridine rings is 1. The van der Waals surface area contributed by atoms with Gasteiger partial charge in [-0.25, -0.2) is 0 Å². The van der Waals surface area contributed by atoms with Crippen LogP contribution in [0.25, 0.3) is 0 Å². The van der Waals surface area contributed by atoms with Gasteiger partial charge in [0.25, 0.3) is 0 Å². The highest BCUT2D eigenvalue weighted by Gasteiger charge is 2.27. The Hall–Kier alpha value is -1.91. The van der Waals surface area contributed by atoms with E-state index in [2.05, 4.69) is 51.3 Å². The van der Waals surface area contributed by atoms with E-state index in [1.54, 1.807) is 0 Å². The van der Waals surface area contributed by atoms with Crippen molar-refractivity contribution in [2.24, 2.45) is 0 Å². The molecule has 0 unspecified atom stereocenters. The van der Waals surface area contributed by atoms with Gasteiger partial charge in [0, 0.05) is 38.8 Å². The SMILES string of the molecule is CCCCCCCCCCCC(=O)OCC(COC(=O)CCCCCCCCCCC)[n+]1c(C)cc(C)cc1C. The smallest absolute Gasteiger partial charge is 0.306 e. The van der Waals surface area contributed by atoms with Crippen LogP contribution in [0.2, 0.25) is 0 Å². The largest absolute Gasteiger partial charge is 0.458 e. The molecule has 0 aliphatic rings. The summed E-state index contributed by atoms with van der Waals surface area (Å²) >= 11 is 0. The average molecular weight is 561 g/mol. The minimum absolute atomic E-state index is 0.156. The highest BCUT2D eigenvalue weighted by atomic mass is 16.5. The van der Waals surface area contributed by atoms with Crippen LogP contribution >= 0.6 is 0 Å². The molecular weight excluding hydrogens is 498 g/mol. The lowest BCUT2D eigenvalue weighted by Gasteiger charge is -2.17. The first-order valence-electron chi connectivity index (χ1n) is 16.7. The standard InChI is InChI=1S/C35H62NO4/c1-6-8-10-12-14-16-18-20-22-24-34(37)39-28-33(36-31(4)26-30(3)27-32(36)5)29-40-35(38)25-23-21-19-17-15-13-11-9-7-2/h26-27,33H,6-25,28-29H2,1-5H3/q+1. The molecular formula is C35H62NO4+. The summed E-state index contributed by atoms with van der Waals surface area (Å²) in [5.41, 5.74) is 3.34. The van der Waals surface area contributed by atoms with E-state index in [4.69, 9.17) is 9.47 Å². The van der Waals surface area contributed by atoms with Gasteiger partial charge in [-0.1, -0.05) is 117 Å². The van der Waals surface area contributed by atoms with Crippen molar-refractivity contribution in [3.63, 3.8) is 0 Å². The van der Waals surface area contributed by atoms with Crippen LogP contribution in [-0.4, -0.2) is 25.2 Å². The zero-order chi connectivity index (χ0) is 29.4. The Labute approximate surface area is 246 Å². The van der Waals surface area contributed by atoms with E-state index in [1.165, 1.54) is 95.5 Å². The summed E-state index contributed by atoms with van der Waals surface area (Å²) in [7, 11) is 0. The van der Waals surface area contributed by atoms with Crippen LogP contribution in [0.3, 0.4) is 0 Å². The molecule has 0 radical (unpaired) electrons. The van der Waals surface area contributed by atoms with Gasteiger partial charge in [0.05, 0.1) is 0 Å². The minimum atomic E-state index is -0.222. The predicted octanol–water partition coefficient (Wildman–Crippen LogP) is 9.37. The van der Waals surface area contributed by atoms with Crippen molar-refractivity contribution < 1.29 is 23.6 Å². The van der Waals surface area contributed by atoms with Gasteiger partial charge in [0.15, 0.2) is 24.6 Å². The van der Waals surface area contributed by atoms with Gasteiger partial charge < -0.3 is 9.47 Å². The first-order valence-corrected chi connectivity index (χ1v) is 16.7. The quantitative estimate of drug-likeness (QED) is 0.0679. The molecule has 0 spiro atoms. The Balaban J connectivity index is 2.43. The van der Waals surface area contributed by atoms with Gasteiger partial charge in [-0.2, -0.15) is 4.57 Å². The summed E-state index contributed by atoms with van der Waals surface area (Å²) in [6.07, 6.45) is 22.9. The van der Waals surface area contributed by atoms with E-state index >= 15 is 0 Å². The van der Waals surface area contributed by atoms with Crippen molar-refractivity contribution >= 4 is 11.9 Å². The molecule has 1 rings (SSSR count). The second-order valence-corrected chi connectivity index (χ2v) is 11.9. The molecule has 0 aliphatic heterocycles. The molecule has 0 N–H and O–H groups in total. The molecule has 0 amide bonds. The Morgan fingerprint density at radius 3 is 1.25 bits per heavy atom. The van der Waals surface area contributed by atoms with Crippen LogP contribution in [0.5, 0.6) is 0 Å². The number of hydrogen-bond acceptors (Lipinski definition) is 4. The van der Waals surface area contributed by atoms with Gasteiger partial charge in [0.2, 0.25) is 6.04 Å². The third-order valence-electron chi connectivity index (χ3n) is 7.84. The van der Waals surface area contributed by atoms with E-state index in [9.17, 15) is 9.59 Å². The average Bonchev–Trinajstić information content (AvgIpc) is 2.91. The Kier molecular flexibility index (Phi) is 21.5.